The number of carbonyl (C=O) groups excluding carboxylic acids is 2. The van der Waals surface area contributed by atoms with E-state index in [2.05, 4.69) is 43.9 Å². The number of nitrogens with one attached hydrogen (secondary N) is 1. The largest absolute Gasteiger partial charge is 0.380 e. The Morgan fingerprint density at radius 3 is 2.59 bits per heavy atom. The van der Waals surface area contributed by atoms with E-state index in [0.29, 0.717) is 29.5 Å². The van der Waals surface area contributed by atoms with Gasteiger partial charge in [0.2, 0.25) is 0 Å². The molecule has 39 heavy (non-hydrogen) atoms. The van der Waals surface area contributed by atoms with Crippen LogP contribution in [0.5, 0.6) is 0 Å². The lowest BCUT2D eigenvalue weighted by Crippen LogP contribution is -2.38. The van der Waals surface area contributed by atoms with Crippen LogP contribution in [0.4, 0.5) is 0 Å². The molecule has 1 aliphatic heterocycles. The van der Waals surface area contributed by atoms with E-state index in [9.17, 15) is 9.59 Å². The molecule has 5 nitrogen and oxygen atoms in total. The lowest BCUT2D eigenvalue weighted by Gasteiger charge is -2.24. The fourth-order valence-electron chi connectivity index (χ4n) is 5.48. The summed E-state index contributed by atoms with van der Waals surface area (Å²) in [4.78, 5) is 27.9. The summed E-state index contributed by atoms with van der Waals surface area (Å²) in [6.45, 7) is 10.8. The van der Waals surface area contributed by atoms with Crippen LogP contribution in [0.2, 0.25) is 5.02 Å². The van der Waals surface area contributed by atoms with Crippen LogP contribution in [0.25, 0.3) is 12.8 Å². The molecule has 0 bridgehead atoms. The van der Waals surface area contributed by atoms with Gasteiger partial charge in [-0.2, -0.15) is 0 Å². The van der Waals surface area contributed by atoms with Gasteiger partial charge in [-0.25, -0.2) is 0 Å². The van der Waals surface area contributed by atoms with Gasteiger partial charge in [0, 0.05) is 60.7 Å². The van der Waals surface area contributed by atoms with Crippen LogP contribution in [0.15, 0.2) is 36.4 Å². The smallest absolute Gasteiger partial charge is 0.251 e. The number of halogens is 1. The average Bonchev–Trinajstić information content (AvgIpc) is 2.93. The molecule has 0 radical (unpaired) electrons. The predicted octanol–water partition coefficient (Wildman–Crippen LogP) is 5.75. The zero-order valence-corrected chi connectivity index (χ0v) is 24.7. The number of hydrogen-bond donors (Lipinski definition) is 1. The second kappa shape index (κ2) is 15.8. The highest BCUT2D eigenvalue weighted by Gasteiger charge is 2.18. The highest BCUT2D eigenvalue weighted by molar-refractivity contribution is 6.30. The quantitative estimate of drug-likeness (QED) is 0.303. The Labute approximate surface area is 239 Å². The van der Waals surface area contributed by atoms with Gasteiger partial charge in [0.05, 0.1) is 6.10 Å². The second-order valence-corrected chi connectivity index (χ2v) is 11.2. The predicted molar refractivity (Wildman–Crippen MR) is 162 cm³/mol. The van der Waals surface area contributed by atoms with Crippen molar-refractivity contribution in [3.8, 4) is 0 Å². The molecule has 6 heteroatoms. The van der Waals surface area contributed by atoms with Crippen molar-refractivity contribution in [2.45, 2.75) is 77.7 Å². The molecule has 0 aromatic heterocycles. The number of carbonyl (C=O) groups is 2. The van der Waals surface area contributed by atoms with Crippen LogP contribution in [0.1, 0.15) is 91.5 Å². The molecule has 3 rings (SSSR count). The summed E-state index contributed by atoms with van der Waals surface area (Å²) in [5, 5.41) is 5.68. The number of rotatable bonds is 14. The minimum atomic E-state index is -0.0486. The third kappa shape index (κ3) is 9.51. The number of hydrogen-bond acceptors (Lipinski definition) is 4. The summed E-state index contributed by atoms with van der Waals surface area (Å²) in [6, 6.07) is 11.0. The van der Waals surface area contributed by atoms with Crippen molar-refractivity contribution in [3.05, 3.63) is 68.5 Å². The fourth-order valence-corrected chi connectivity index (χ4v) is 5.61. The number of Topliss-reactive ketones (excluding diaryl/α,β-unsaturated/α-hetero) is 1. The first-order valence-corrected chi connectivity index (χ1v) is 14.9. The van der Waals surface area contributed by atoms with E-state index < -0.39 is 0 Å². The summed E-state index contributed by atoms with van der Waals surface area (Å²) in [7, 11) is 2.09. The van der Waals surface area contributed by atoms with Gasteiger partial charge >= 0.3 is 0 Å². The number of benzene rings is 2. The minimum Gasteiger partial charge on any atom is -0.380 e. The Bertz CT molecular complexity index is 1190. The lowest BCUT2D eigenvalue weighted by atomic mass is 9.94. The summed E-state index contributed by atoms with van der Waals surface area (Å²) >= 11 is 5.95. The van der Waals surface area contributed by atoms with E-state index in [1.165, 1.54) is 0 Å². The number of amides is 1. The van der Waals surface area contributed by atoms with Gasteiger partial charge in [-0.1, -0.05) is 44.5 Å². The fraction of sp³-hybridized carbons (Fsp3) is 0.515. The molecule has 1 N–H and O–H groups in total. The summed E-state index contributed by atoms with van der Waals surface area (Å²) in [5.74, 6) is 0.600. The SMILES string of the molecule is C=c1ccc(C(=O)NCC2CCCCO2)c(CC)/c1=C/N(C)CC(CCC)CCCC(=O)c1ccc(Cl)cc1. The molecule has 1 saturated heterocycles. The van der Waals surface area contributed by atoms with Gasteiger partial charge in [-0.05, 0) is 92.0 Å². The maximum Gasteiger partial charge on any atom is 0.251 e. The van der Waals surface area contributed by atoms with E-state index in [0.717, 1.165) is 86.1 Å². The Balaban J connectivity index is 1.65. The van der Waals surface area contributed by atoms with Crippen molar-refractivity contribution in [1.29, 1.82) is 0 Å². The zero-order valence-electron chi connectivity index (χ0n) is 23.9. The third-order valence-electron chi connectivity index (χ3n) is 7.58. The van der Waals surface area contributed by atoms with Gasteiger partial charge in [0.1, 0.15) is 0 Å². The van der Waals surface area contributed by atoms with Crippen molar-refractivity contribution >= 4 is 36.1 Å². The monoisotopic (exact) mass is 552 g/mol. The molecule has 0 saturated carbocycles. The molecular weight excluding hydrogens is 508 g/mol. The van der Waals surface area contributed by atoms with Crippen molar-refractivity contribution in [1.82, 2.24) is 10.2 Å². The average molecular weight is 553 g/mol. The van der Waals surface area contributed by atoms with Crippen LogP contribution in [0, 0.1) is 5.92 Å². The number of ketones is 1. The first-order valence-electron chi connectivity index (χ1n) is 14.5. The van der Waals surface area contributed by atoms with Gasteiger partial charge < -0.3 is 15.0 Å². The van der Waals surface area contributed by atoms with Crippen LogP contribution >= 0.6 is 11.6 Å². The van der Waals surface area contributed by atoms with Crippen LogP contribution in [-0.4, -0.2) is 49.4 Å². The van der Waals surface area contributed by atoms with Crippen molar-refractivity contribution in [2.24, 2.45) is 5.92 Å². The molecule has 0 spiro atoms. The number of nitrogens with zero attached hydrogens (tertiary/aromatic N) is 1. The standard InChI is InChI=1S/C33H45ClN2O3/c1-5-10-25(11-9-13-32(37)26-15-17-27(34)18-16-26)22-36(4)23-31-24(3)14-19-30(29(31)6-2)33(38)35-21-28-12-7-8-20-39-28/h14-19,23,25,28H,3,5-13,20-22H2,1-2,4H3,(H,35,38)/b31-23+. The van der Waals surface area contributed by atoms with Crippen molar-refractivity contribution < 1.29 is 14.3 Å². The van der Waals surface area contributed by atoms with Crippen LogP contribution in [0.3, 0.4) is 0 Å². The van der Waals surface area contributed by atoms with Gasteiger partial charge in [-0.15, -0.1) is 0 Å². The molecule has 2 atom stereocenters. The topological polar surface area (TPSA) is 58.6 Å². The highest BCUT2D eigenvalue weighted by atomic mass is 35.5. The lowest BCUT2D eigenvalue weighted by molar-refractivity contribution is 0.0169. The molecule has 1 amide bonds. The highest BCUT2D eigenvalue weighted by Crippen LogP contribution is 2.19. The molecule has 2 aromatic carbocycles. The van der Waals surface area contributed by atoms with E-state index in [-0.39, 0.29) is 17.8 Å². The maximum atomic E-state index is 13.1. The zero-order chi connectivity index (χ0) is 28.2. The van der Waals surface area contributed by atoms with Gasteiger partial charge in [0.25, 0.3) is 5.91 Å². The summed E-state index contributed by atoms with van der Waals surface area (Å²) in [6.07, 6.45) is 10.9. The molecule has 0 aliphatic carbocycles. The third-order valence-corrected chi connectivity index (χ3v) is 7.84. The second-order valence-electron chi connectivity index (χ2n) is 10.8. The first kappa shape index (κ1) is 30.9. The molecule has 2 aromatic rings. The minimum absolute atomic E-state index is 0.0486. The Kier molecular flexibility index (Phi) is 12.5. The van der Waals surface area contributed by atoms with E-state index in [1.54, 1.807) is 24.3 Å². The summed E-state index contributed by atoms with van der Waals surface area (Å²) in [5.41, 5.74) is 2.46. The molecular formula is C33H45ClN2O3. The molecule has 212 valence electrons. The summed E-state index contributed by atoms with van der Waals surface area (Å²) < 4.78 is 5.78. The Hall–Kier alpha value is -2.63. The first-order chi connectivity index (χ1) is 18.8. The molecule has 1 heterocycles. The van der Waals surface area contributed by atoms with E-state index in [1.807, 2.05) is 12.1 Å². The van der Waals surface area contributed by atoms with E-state index >= 15 is 0 Å². The molecule has 1 fully saturated rings. The van der Waals surface area contributed by atoms with Crippen molar-refractivity contribution in [3.63, 3.8) is 0 Å². The van der Waals surface area contributed by atoms with E-state index in [4.69, 9.17) is 16.3 Å². The molecule has 1 aliphatic rings. The van der Waals surface area contributed by atoms with Gasteiger partial charge in [-0.3, -0.25) is 9.59 Å². The normalized spacial score (nSPS) is 16.6. The molecule has 2 unspecified atom stereocenters. The van der Waals surface area contributed by atoms with Crippen molar-refractivity contribution in [2.75, 3.05) is 26.7 Å². The maximum absolute atomic E-state index is 13.1. The Morgan fingerprint density at radius 1 is 1.15 bits per heavy atom. The van der Waals surface area contributed by atoms with Crippen LogP contribution in [-0.2, 0) is 11.2 Å². The number of ether oxygens (including phenoxy) is 1. The van der Waals surface area contributed by atoms with Gasteiger partial charge in [0.15, 0.2) is 5.78 Å². The van der Waals surface area contributed by atoms with Crippen LogP contribution < -0.4 is 15.8 Å². The Morgan fingerprint density at radius 2 is 1.92 bits per heavy atom.